The fourth-order valence-electron chi connectivity index (χ4n) is 1.53. The summed E-state index contributed by atoms with van der Waals surface area (Å²) >= 11 is 0. The first-order chi connectivity index (χ1) is 8.25. The predicted octanol–water partition coefficient (Wildman–Crippen LogP) is 1.78. The van der Waals surface area contributed by atoms with Crippen molar-refractivity contribution in [2.75, 3.05) is 0 Å². The van der Waals surface area contributed by atoms with Crippen molar-refractivity contribution in [2.24, 2.45) is 0 Å². The van der Waals surface area contributed by atoms with Crippen LogP contribution in [0.25, 0.3) is 0 Å². The molecule has 88 valence electrons. The lowest BCUT2D eigenvalue weighted by Gasteiger charge is -2.06. The van der Waals surface area contributed by atoms with Gasteiger partial charge in [0.2, 0.25) is 0 Å². The van der Waals surface area contributed by atoms with Crippen LogP contribution in [0, 0.1) is 6.92 Å². The van der Waals surface area contributed by atoms with Crippen molar-refractivity contribution >= 4 is 0 Å². The average Bonchev–Trinajstić information content (AvgIpc) is 2.34. The van der Waals surface area contributed by atoms with Gasteiger partial charge in [0.05, 0.1) is 17.6 Å². The molecule has 2 heterocycles. The number of aromatic nitrogens is 2. The maximum Gasteiger partial charge on any atom is 0.133 e. The molecule has 4 nitrogen and oxygen atoms in total. The number of nitrogens with zero attached hydrogens (tertiary/aromatic N) is 2. The predicted molar refractivity (Wildman–Crippen MR) is 65.4 cm³/mol. The van der Waals surface area contributed by atoms with Crippen LogP contribution in [0.4, 0.5) is 0 Å². The van der Waals surface area contributed by atoms with E-state index in [9.17, 15) is 0 Å². The van der Waals surface area contributed by atoms with Crippen LogP contribution < -0.4 is 5.32 Å². The first kappa shape index (κ1) is 11.5. The first-order valence-corrected chi connectivity index (χ1v) is 5.51. The topological polar surface area (TPSA) is 58.0 Å². The minimum atomic E-state index is 0.189. The number of hydrogen-bond donors (Lipinski definition) is 2. The molecule has 2 N–H and O–H groups in total. The highest BCUT2D eigenvalue weighted by atomic mass is 16.3. The van der Waals surface area contributed by atoms with Gasteiger partial charge in [-0.1, -0.05) is 6.07 Å². The Hall–Kier alpha value is -1.94. The standard InChI is InChI=1S/C13H15N3O/c1-10-3-2-6-15-13(10)9-14-7-11-4-5-12(17)8-16-11/h2-6,8,14,17H,7,9H2,1H3. The molecule has 4 heteroatoms. The highest BCUT2D eigenvalue weighted by molar-refractivity contribution is 5.19. The molecule has 0 fully saturated rings. The summed E-state index contributed by atoms with van der Waals surface area (Å²) in [6.45, 7) is 3.42. The zero-order chi connectivity index (χ0) is 12.1. The van der Waals surface area contributed by atoms with Crippen LogP contribution in [0.1, 0.15) is 17.0 Å². The third kappa shape index (κ3) is 3.26. The van der Waals surface area contributed by atoms with Gasteiger partial charge in [0.25, 0.3) is 0 Å². The molecule has 2 rings (SSSR count). The quantitative estimate of drug-likeness (QED) is 0.839. The van der Waals surface area contributed by atoms with E-state index < -0.39 is 0 Å². The minimum absolute atomic E-state index is 0.189. The van der Waals surface area contributed by atoms with E-state index in [4.69, 9.17) is 5.11 Å². The van der Waals surface area contributed by atoms with Crippen molar-refractivity contribution in [2.45, 2.75) is 20.0 Å². The minimum Gasteiger partial charge on any atom is -0.506 e. The highest BCUT2D eigenvalue weighted by Gasteiger charge is 1.99. The third-order valence-corrected chi connectivity index (χ3v) is 2.53. The molecule has 0 radical (unpaired) electrons. The van der Waals surface area contributed by atoms with Crippen LogP contribution in [0.5, 0.6) is 5.75 Å². The van der Waals surface area contributed by atoms with Crippen LogP contribution in [0.15, 0.2) is 36.7 Å². The fourth-order valence-corrected chi connectivity index (χ4v) is 1.53. The summed E-state index contributed by atoms with van der Waals surface area (Å²) in [5.74, 6) is 0.189. The molecule has 2 aromatic rings. The lowest BCUT2D eigenvalue weighted by atomic mass is 10.2. The Kier molecular flexibility index (Phi) is 3.67. The largest absolute Gasteiger partial charge is 0.506 e. The highest BCUT2D eigenvalue weighted by Crippen LogP contribution is 2.06. The van der Waals surface area contributed by atoms with Crippen molar-refractivity contribution in [3.63, 3.8) is 0 Å². The lowest BCUT2D eigenvalue weighted by molar-refractivity contribution is 0.471. The van der Waals surface area contributed by atoms with Gasteiger partial charge in [-0.3, -0.25) is 9.97 Å². The molecule has 0 aliphatic heterocycles. The summed E-state index contributed by atoms with van der Waals surface area (Å²) in [5, 5.41) is 12.4. The molecular formula is C13H15N3O. The Morgan fingerprint density at radius 1 is 1.18 bits per heavy atom. The molecule has 0 amide bonds. The number of rotatable bonds is 4. The number of aromatic hydroxyl groups is 1. The first-order valence-electron chi connectivity index (χ1n) is 5.51. The molecule has 0 aliphatic rings. The maximum absolute atomic E-state index is 9.10. The lowest BCUT2D eigenvalue weighted by Crippen LogP contribution is -2.15. The third-order valence-electron chi connectivity index (χ3n) is 2.53. The maximum atomic E-state index is 9.10. The molecule has 2 aromatic heterocycles. The molecule has 0 aromatic carbocycles. The van der Waals surface area contributed by atoms with Crippen LogP contribution in [0.3, 0.4) is 0 Å². The van der Waals surface area contributed by atoms with Gasteiger partial charge in [0.15, 0.2) is 0 Å². The summed E-state index contributed by atoms with van der Waals surface area (Å²) in [4.78, 5) is 8.40. The van der Waals surface area contributed by atoms with Crippen molar-refractivity contribution in [3.05, 3.63) is 53.6 Å². The van der Waals surface area contributed by atoms with Crippen molar-refractivity contribution in [3.8, 4) is 5.75 Å². The van der Waals surface area contributed by atoms with Crippen LogP contribution in [-0.4, -0.2) is 15.1 Å². The molecule has 0 spiro atoms. The van der Waals surface area contributed by atoms with Gasteiger partial charge in [-0.25, -0.2) is 0 Å². The Bertz CT molecular complexity index is 482. The van der Waals surface area contributed by atoms with E-state index in [-0.39, 0.29) is 5.75 Å². The van der Waals surface area contributed by atoms with Gasteiger partial charge < -0.3 is 10.4 Å². The molecule has 0 saturated carbocycles. The van der Waals surface area contributed by atoms with E-state index in [0.717, 1.165) is 17.9 Å². The van der Waals surface area contributed by atoms with E-state index in [1.807, 2.05) is 19.1 Å². The Labute approximate surface area is 100 Å². The summed E-state index contributed by atoms with van der Waals surface area (Å²) in [6.07, 6.45) is 3.24. The van der Waals surface area contributed by atoms with E-state index in [1.54, 1.807) is 18.3 Å². The van der Waals surface area contributed by atoms with Gasteiger partial charge in [-0.2, -0.15) is 0 Å². The number of nitrogens with one attached hydrogen (secondary N) is 1. The average molecular weight is 229 g/mol. The fraction of sp³-hybridized carbons (Fsp3) is 0.231. The molecule has 0 bridgehead atoms. The van der Waals surface area contributed by atoms with Crippen molar-refractivity contribution < 1.29 is 5.11 Å². The second-order valence-electron chi connectivity index (χ2n) is 3.88. The zero-order valence-corrected chi connectivity index (χ0v) is 9.72. The summed E-state index contributed by atoms with van der Waals surface area (Å²) in [6, 6.07) is 7.41. The molecular weight excluding hydrogens is 214 g/mol. The van der Waals surface area contributed by atoms with E-state index in [1.165, 1.54) is 11.8 Å². The number of aryl methyl sites for hydroxylation is 1. The van der Waals surface area contributed by atoms with Gasteiger partial charge in [0, 0.05) is 19.3 Å². The van der Waals surface area contributed by atoms with E-state index >= 15 is 0 Å². The van der Waals surface area contributed by atoms with Gasteiger partial charge >= 0.3 is 0 Å². The molecule has 0 saturated heterocycles. The summed E-state index contributed by atoms with van der Waals surface area (Å²) in [7, 11) is 0. The smallest absolute Gasteiger partial charge is 0.133 e. The Morgan fingerprint density at radius 2 is 2.06 bits per heavy atom. The van der Waals surface area contributed by atoms with Crippen LogP contribution in [-0.2, 0) is 13.1 Å². The Morgan fingerprint density at radius 3 is 2.76 bits per heavy atom. The van der Waals surface area contributed by atoms with E-state index in [0.29, 0.717) is 6.54 Å². The monoisotopic (exact) mass is 229 g/mol. The zero-order valence-electron chi connectivity index (χ0n) is 9.72. The number of hydrogen-bond acceptors (Lipinski definition) is 4. The van der Waals surface area contributed by atoms with Crippen molar-refractivity contribution in [1.82, 2.24) is 15.3 Å². The number of pyridine rings is 2. The van der Waals surface area contributed by atoms with Crippen LogP contribution >= 0.6 is 0 Å². The molecule has 17 heavy (non-hydrogen) atoms. The van der Waals surface area contributed by atoms with Gasteiger partial charge in [0.1, 0.15) is 5.75 Å². The van der Waals surface area contributed by atoms with E-state index in [2.05, 4.69) is 15.3 Å². The normalized spacial score (nSPS) is 10.4. The van der Waals surface area contributed by atoms with Crippen LogP contribution in [0.2, 0.25) is 0 Å². The Balaban J connectivity index is 1.88. The second kappa shape index (κ2) is 5.41. The van der Waals surface area contributed by atoms with Gasteiger partial charge in [-0.05, 0) is 30.7 Å². The second-order valence-corrected chi connectivity index (χ2v) is 3.88. The van der Waals surface area contributed by atoms with Crippen molar-refractivity contribution in [1.29, 1.82) is 0 Å². The molecule has 0 aliphatic carbocycles. The summed E-state index contributed by atoms with van der Waals surface area (Å²) in [5.41, 5.74) is 3.13. The summed E-state index contributed by atoms with van der Waals surface area (Å²) < 4.78 is 0. The SMILES string of the molecule is Cc1cccnc1CNCc1ccc(O)cn1. The molecule has 0 atom stereocenters. The van der Waals surface area contributed by atoms with Gasteiger partial charge in [-0.15, -0.1) is 0 Å². The molecule has 0 unspecified atom stereocenters.